The number of likely N-dealkylation sites (N-methyl/N-ethyl adjacent to an activating group) is 1. The lowest BCUT2D eigenvalue weighted by Crippen LogP contribution is -2.29. The zero-order chi connectivity index (χ0) is 18.5. The van der Waals surface area contributed by atoms with Gasteiger partial charge in [-0.2, -0.15) is 0 Å². The summed E-state index contributed by atoms with van der Waals surface area (Å²) in [6, 6.07) is 10.8. The quantitative estimate of drug-likeness (QED) is 0.824. The van der Waals surface area contributed by atoms with Gasteiger partial charge < -0.3 is 14.8 Å². The Balaban J connectivity index is 1.60. The van der Waals surface area contributed by atoms with Crippen molar-refractivity contribution in [2.75, 3.05) is 32.1 Å². The smallest absolute Gasteiger partial charge is 0.238 e. The summed E-state index contributed by atoms with van der Waals surface area (Å²) < 4.78 is 11.3. The first-order valence-corrected chi connectivity index (χ1v) is 9.09. The van der Waals surface area contributed by atoms with Gasteiger partial charge in [-0.1, -0.05) is 23.2 Å². The highest BCUT2D eigenvalue weighted by Gasteiger charge is 2.16. The van der Waals surface area contributed by atoms with Gasteiger partial charge in [0.1, 0.15) is 0 Å². The van der Waals surface area contributed by atoms with E-state index in [4.69, 9.17) is 32.7 Å². The molecule has 0 atom stereocenters. The third-order valence-electron chi connectivity index (χ3n) is 3.86. The van der Waals surface area contributed by atoms with Gasteiger partial charge in [0.2, 0.25) is 5.91 Å². The van der Waals surface area contributed by atoms with Crippen LogP contribution in [0.1, 0.15) is 12.0 Å². The summed E-state index contributed by atoms with van der Waals surface area (Å²) in [6.07, 6.45) is 0.825. The molecular formula is C19H20Cl2N2O3. The molecule has 0 saturated heterocycles. The molecule has 1 aliphatic rings. The Kier molecular flexibility index (Phi) is 6.25. The summed E-state index contributed by atoms with van der Waals surface area (Å²) in [5.41, 5.74) is 1.67. The highest BCUT2D eigenvalue weighted by molar-refractivity contribution is 6.32. The van der Waals surface area contributed by atoms with Gasteiger partial charge in [0.05, 0.1) is 24.8 Å². The van der Waals surface area contributed by atoms with Crippen molar-refractivity contribution in [1.82, 2.24) is 4.90 Å². The predicted octanol–water partition coefficient (Wildman–Crippen LogP) is 4.23. The van der Waals surface area contributed by atoms with Crippen LogP contribution in [-0.4, -0.2) is 37.6 Å². The number of hydrogen-bond acceptors (Lipinski definition) is 4. The van der Waals surface area contributed by atoms with Gasteiger partial charge in [-0.05, 0) is 49.0 Å². The van der Waals surface area contributed by atoms with Gasteiger partial charge >= 0.3 is 0 Å². The lowest BCUT2D eigenvalue weighted by molar-refractivity contribution is -0.117. The van der Waals surface area contributed by atoms with Gasteiger partial charge in [-0.15, -0.1) is 0 Å². The number of carbonyl (C=O) groups excluding carboxylic acids is 1. The molecule has 0 unspecified atom stereocenters. The van der Waals surface area contributed by atoms with Crippen LogP contribution in [0.25, 0.3) is 0 Å². The largest absolute Gasteiger partial charge is 0.489 e. The fourth-order valence-electron chi connectivity index (χ4n) is 2.72. The summed E-state index contributed by atoms with van der Waals surface area (Å²) in [5.74, 6) is 1.15. The molecule has 0 aliphatic carbocycles. The summed E-state index contributed by atoms with van der Waals surface area (Å²) in [6.45, 7) is 2.00. The van der Waals surface area contributed by atoms with Crippen molar-refractivity contribution < 1.29 is 14.3 Å². The van der Waals surface area contributed by atoms with Crippen LogP contribution in [-0.2, 0) is 11.3 Å². The maximum Gasteiger partial charge on any atom is 0.238 e. The highest BCUT2D eigenvalue weighted by atomic mass is 35.5. The standard InChI is InChI=1S/C19H20Cl2N2O3/c1-23(12-18(24)22-15-5-3-14(20)4-6-15)11-13-9-16(21)19-17(10-13)25-7-2-8-26-19/h3-6,9-10H,2,7-8,11-12H2,1H3,(H,22,24). The number of hydrogen-bond donors (Lipinski definition) is 1. The minimum atomic E-state index is -0.102. The number of nitrogens with zero attached hydrogens (tertiary/aromatic N) is 1. The lowest BCUT2D eigenvalue weighted by Gasteiger charge is -2.18. The number of amides is 1. The lowest BCUT2D eigenvalue weighted by atomic mass is 10.2. The van der Waals surface area contributed by atoms with Gasteiger partial charge in [0.25, 0.3) is 0 Å². The Morgan fingerprint density at radius 1 is 1.15 bits per heavy atom. The molecule has 1 heterocycles. The van der Waals surface area contributed by atoms with E-state index in [2.05, 4.69) is 5.32 Å². The third kappa shape index (κ3) is 5.04. The molecule has 1 aliphatic heterocycles. The Labute approximate surface area is 162 Å². The second-order valence-electron chi connectivity index (χ2n) is 6.18. The molecule has 5 nitrogen and oxygen atoms in total. The Morgan fingerprint density at radius 2 is 1.88 bits per heavy atom. The predicted molar refractivity (Wildman–Crippen MR) is 103 cm³/mol. The van der Waals surface area contributed by atoms with E-state index in [1.165, 1.54) is 0 Å². The average Bonchev–Trinajstić information content (AvgIpc) is 2.82. The first-order valence-electron chi connectivity index (χ1n) is 8.33. The van der Waals surface area contributed by atoms with Crippen LogP contribution in [0.3, 0.4) is 0 Å². The normalized spacial score (nSPS) is 13.4. The summed E-state index contributed by atoms with van der Waals surface area (Å²) >= 11 is 12.2. The van der Waals surface area contributed by atoms with Crippen LogP contribution in [0.2, 0.25) is 10.0 Å². The number of carbonyl (C=O) groups is 1. The Morgan fingerprint density at radius 3 is 2.65 bits per heavy atom. The Bertz CT molecular complexity index is 781. The van der Waals surface area contributed by atoms with E-state index in [1.807, 2.05) is 24.1 Å². The van der Waals surface area contributed by atoms with Crippen molar-refractivity contribution >= 4 is 34.8 Å². The SMILES string of the molecule is CN(CC(=O)Nc1ccc(Cl)cc1)Cc1cc(Cl)c2c(c1)OCCCO2. The van der Waals surface area contributed by atoms with Crippen LogP contribution in [0.15, 0.2) is 36.4 Å². The van der Waals surface area contributed by atoms with E-state index < -0.39 is 0 Å². The molecule has 138 valence electrons. The first-order chi connectivity index (χ1) is 12.5. The van der Waals surface area contributed by atoms with E-state index in [-0.39, 0.29) is 12.5 Å². The van der Waals surface area contributed by atoms with Crippen molar-refractivity contribution in [3.63, 3.8) is 0 Å². The number of ether oxygens (including phenoxy) is 2. The zero-order valence-electron chi connectivity index (χ0n) is 14.4. The topological polar surface area (TPSA) is 50.8 Å². The molecule has 0 spiro atoms. The molecule has 1 N–H and O–H groups in total. The number of nitrogens with one attached hydrogen (secondary N) is 1. The van der Waals surface area contributed by atoms with Crippen molar-refractivity contribution in [1.29, 1.82) is 0 Å². The summed E-state index contributed by atoms with van der Waals surface area (Å²) in [5, 5.41) is 4.00. The maximum absolute atomic E-state index is 12.2. The number of rotatable bonds is 5. The number of benzene rings is 2. The Hall–Kier alpha value is -1.95. The van der Waals surface area contributed by atoms with E-state index >= 15 is 0 Å². The molecular weight excluding hydrogens is 375 g/mol. The molecule has 0 bridgehead atoms. The molecule has 0 fully saturated rings. The molecule has 26 heavy (non-hydrogen) atoms. The molecule has 0 aromatic heterocycles. The van der Waals surface area contributed by atoms with Crippen molar-refractivity contribution in [2.24, 2.45) is 0 Å². The number of halogens is 2. The molecule has 3 rings (SSSR count). The van der Waals surface area contributed by atoms with Crippen LogP contribution in [0.5, 0.6) is 11.5 Å². The second-order valence-corrected chi connectivity index (χ2v) is 7.03. The fraction of sp³-hybridized carbons (Fsp3) is 0.316. The first kappa shape index (κ1) is 18.8. The molecule has 7 heteroatoms. The summed E-state index contributed by atoms with van der Waals surface area (Å²) in [4.78, 5) is 14.1. The summed E-state index contributed by atoms with van der Waals surface area (Å²) in [7, 11) is 1.87. The minimum Gasteiger partial charge on any atom is -0.489 e. The van der Waals surface area contributed by atoms with Crippen molar-refractivity contribution in [2.45, 2.75) is 13.0 Å². The van der Waals surface area contributed by atoms with Gasteiger partial charge in [0, 0.05) is 23.7 Å². The van der Waals surface area contributed by atoms with Crippen molar-refractivity contribution in [3.05, 3.63) is 52.0 Å². The highest BCUT2D eigenvalue weighted by Crippen LogP contribution is 2.38. The minimum absolute atomic E-state index is 0.102. The van der Waals surface area contributed by atoms with Crippen LogP contribution < -0.4 is 14.8 Å². The number of fused-ring (bicyclic) bond motifs is 1. The maximum atomic E-state index is 12.2. The zero-order valence-corrected chi connectivity index (χ0v) is 15.9. The molecule has 2 aromatic carbocycles. The molecule has 0 radical (unpaired) electrons. The molecule has 1 amide bonds. The van der Waals surface area contributed by atoms with Gasteiger partial charge in [-0.25, -0.2) is 0 Å². The fourth-order valence-corrected chi connectivity index (χ4v) is 3.14. The van der Waals surface area contributed by atoms with E-state index in [0.717, 1.165) is 12.0 Å². The molecule has 2 aromatic rings. The van der Waals surface area contributed by atoms with E-state index in [0.29, 0.717) is 47.0 Å². The van der Waals surface area contributed by atoms with Gasteiger partial charge in [0.15, 0.2) is 11.5 Å². The van der Waals surface area contributed by atoms with Crippen LogP contribution >= 0.6 is 23.2 Å². The van der Waals surface area contributed by atoms with Gasteiger partial charge in [-0.3, -0.25) is 9.69 Å². The van der Waals surface area contributed by atoms with Crippen LogP contribution in [0, 0.1) is 0 Å². The monoisotopic (exact) mass is 394 g/mol. The second kappa shape index (κ2) is 8.62. The van der Waals surface area contributed by atoms with E-state index in [9.17, 15) is 4.79 Å². The van der Waals surface area contributed by atoms with E-state index in [1.54, 1.807) is 24.3 Å². The molecule has 0 saturated carbocycles. The number of anilines is 1. The van der Waals surface area contributed by atoms with Crippen molar-refractivity contribution in [3.8, 4) is 11.5 Å². The third-order valence-corrected chi connectivity index (χ3v) is 4.39. The van der Waals surface area contributed by atoms with Crippen LogP contribution in [0.4, 0.5) is 5.69 Å². The average molecular weight is 395 g/mol.